The molecule has 7 nitrogen and oxygen atoms in total. The molecule has 0 bridgehead atoms. The van der Waals surface area contributed by atoms with E-state index in [0.29, 0.717) is 16.1 Å². The fourth-order valence-electron chi connectivity index (χ4n) is 4.09. The van der Waals surface area contributed by atoms with Crippen LogP contribution >= 0.6 is 10.6 Å². The van der Waals surface area contributed by atoms with Gasteiger partial charge in [0.05, 0.1) is 23.0 Å². The monoisotopic (exact) mass is 429 g/mol. The van der Waals surface area contributed by atoms with Crippen LogP contribution in [0.4, 0.5) is 5.69 Å². The molecule has 4 rings (SSSR count). The van der Waals surface area contributed by atoms with Gasteiger partial charge in [-0.3, -0.25) is 18.7 Å². The van der Waals surface area contributed by atoms with Crippen molar-refractivity contribution < 1.29 is 18.7 Å². The highest BCUT2D eigenvalue weighted by molar-refractivity contribution is 8.25. The first-order chi connectivity index (χ1) is 14.4. The summed E-state index contributed by atoms with van der Waals surface area (Å²) in [4.78, 5) is 27.3. The number of amides is 2. The van der Waals surface area contributed by atoms with Gasteiger partial charge in [-0.1, -0.05) is 36.4 Å². The van der Waals surface area contributed by atoms with Crippen molar-refractivity contribution in [2.75, 3.05) is 30.7 Å². The quantitative estimate of drug-likeness (QED) is 0.565. The summed E-state index contributed by atoms with van der Waals surface area (Å²) in [5, 5.41) is 5.82. The molecule has 8 heteroatoms. The minimum Gasteiger partial charge on any atom is -0.348 e. The predicted molar refractivity (Wildman–Crippen MR) is 118 cm³/mol. The van der Waals surface area contributed by atoms with Gasteiger partial charge in [-0.25, -0.2) is 0 Å². The van der Waals surface area contributed by atoms with E-state index in [2.05, 4.69) is 15.5 Å². The van der Waals surface area contributed by atoms with E-state index in [1.54, 1.807) is 18.2 Å². The molecule has 2 aromatic carbocycles. The summed E-state index contributed by atoms with van der Waals surface area (Å²) < 4.78 is 20.3. The zero-order valence-electron chi connectivity index (χ0n) is 16.7. The predicted octanol–water partition coefficient (Wildman–Crippen LogP) is 3.24. The average molecular weight is 430 g/mol. The van der Waals surface area contributed by atoms with E-state index in [1.807, 2.05) is 30.3 Å². The Hall–Kier alpha value is -2.39. The Kier molecular flexibility index (Phi) is 6.10. The van der Waals surface area contributed by atoms with Gasteiger partial charge in [0, 0.05) is 6.54 Å². The third-order valence-corrected chi connectivity index (χ3v) is 7.27. The molecular formula is C22H27N3O4S. The van der Waals surface area contributed by atoms with Crippen LogP contribution < -0.4 is 10.6 Å². The molecule has 0 radical (unpaired) electrons. The van der Waals surface area contributed by atoms with E-state index in [4.69, 9.17) is 0 Å². The number of hydrogen-bond donors (Lipinski definition) is 4. The third-order valence-electron chi connectivity index (χ3n) is 5.54. The zero-order valence-corrected chi connectivity index (χ0v) is 17.5. The number of carbonyl (C=O) groups excluding carboxylic acids is 2. The van der Waals surface area contributed by atoms with E-state index >= 15 is 0 Å². The van der Waals surface area contributed by atoms with Crippen LogP contribution in [0.1, 0.15) is 30.0 Å². The second-order valence-electron chi connectivity index (χ2n) is 7.91. The molecule has 2 amide bonds. The van der Waals surface area contributed by atoms with Gasteiger partial charge in [0.15, 0.2) is 0 Å². The van der Waals surface area contributed by atoms with Crippen molar-refractivity contribution >= 4 is 28.1 Å². The summed E-state index contributed by atoms with van der Waals surface area (Å²) in [7, 11) is -3.12. The van der Waals surface area contributed by atoms with Gasteiger partial charge in [-0.2, -0.15) is 10.6 Å². The SMILES string of the molecule is O=C1CS(O)(O)c2ccc(CC(=O)NC(CN3CCCC3)c3ccccc3)cc2N1. The molecule has 2 aromatic rings. The van der Waals surface area contributed by atoms with Crippen LogP contribution in [0, 0.1) is 0 Å². The van der Waals surface area contributed by atoms with E-state index in [9.17, 15) is 18.7 Å². The number of nitrogens with zero attached hydrogens (tertiary/aromatic N) is 1. The highest BCUT2D eigenvalue weighted by atomic mass is 32.3. The lowest BCUT2D eigenvalue weighted by Crippen LogP contribution is -2.37. The molecule has 0 saturated carbocycles. The largest absolute Gasteiger partial charge is 0.348 e. The van der Waals surface area contributed by atoms with Crippen molar-refractivity contribution in [3.63, 3.8) is 0 Å². The van der Waals surface area contributed by atoms with Crippen molar-refractivity contribution in [2.24, 2.45) is 0 Å². The van der Waals surface area contributed by atoms with E-state index in [-0.39, 0.29) is 24.1 Å². The molecule has 4 N–H and O–H groups in total. The van der Waals surface area contributed by atoms with Crippen molar-refractivity contribution in [3.8, 4) is 0 Å². The Balaban J connectivity index is 1.47. The number of anilines is 1. The molecular weight excluding hydrogens is 402 g/mol. The molecule has 0 aromatic heterocycles. The maximum Gasteiger partial charge on any atom is 0.244 e. The second kappa shape index (κ2) is 8.77. The zero-order chi connectivity index (χ0) is 21.1. The fourth-order valence-corrected chi connectivity index (χ4v) is 5.43. The summed E-state index contributed by atoms with van der Waals surface area (Å²) in [6.45, 7) is 2.88. The van der Waals surface area contributed by atoms with Crippen LogP contribution in [-0.4, -0.2) is 51.2 Å². The normalized spacial score (nSPS) is 20.1. The van der Waals surface area contributed by atoms with Crippen LogP contribution in [0.25, 0.3) is 0 Å². The Bertz CT molecular complexity index is 929. The van der Waals surface area contributed by atoms with Gasteiger partial charge in [0.25, 0.3) is 0 Å². The van der Waals surface area contributed by atoms with Crippen LogP contribution in [-0.2, 0) is 16.0 Å². The van der Waals surface area contributed by atoms with Crippen molar-refractivity contribution in [2.45, 2.75) is 30.2 Å². The first kappa shape index (κ1) is 20.9. The van der Waals surface area contributed by atoms with Crippen molar-refractivity contribution in [3.05, 3.63) is 59.7 Å². The van der Waals surface area contributed by atoms with E-state index in [1.165, 1.54) is 12.8 Å². The molecule has 30 heavy (non-hydrogen) atoms. The lowest BCUT2D eigenvalue weighted by molar-refractivity contribution is -0.121. The topological polar surface area (TPSA) is 102 Å². The van der Waals surface area contributed by atoms with Gasteiger partial charge in [-0.05, 0) is 49.2 Å². The van der Waals surface area contributed by atoms with Crippen LogP contribution in [0.3, 0.4) is 0 Å². The van der Waals surface area contributed by atoms with Gasteiger partial charge in [0.1, 0.15) is 5.75 Å². The number of carbonyl (C=O) groups is 2. The molecule has 160 valence electrons. The van der Waals surface area contributed by atoms with Crippen LogP contribution in [0.2, 0.25) is 0 Å². The smallest absolute Gasteiger partial charge is 0.244 e. The minimum atomic E-state index is -3.12. The van der Waals surface area contributed by atoms with Crippen molar-refractivity contribution in [1.29, 1.82) is 0 Å². The summed E-state index contributed by atoms with van der Waals surface area (Å²) in [5.41, 5.74) is 2.15. The number of likely N-dealkylation sites (tertiary alicyclic amines) is 1. The third kappa shape index (κ3) is 4.84. The van der Waals surface area contributed by atoms with Gasteiger partial charge in [-0.15, -0.1) is 0 Å². The number of nitrogens with one attached hydrogen (secondary N) is 2. The molecule has 2 aliphatic rings. The first-order valence-corrected chi connectivity index (χ1v) is 11.9. The highest BCUT2D eigenvalue weighted by Crippen LogP contribution is 2.53. The molecule has 0 aliphatic carbocycles. The molecule has 1 unspecified atom stereocenters. The number of hydrogen-bond acceptors (Lipinski definition) is 5. The maximum atomic E-state index is 12.8. The average Bonchev–Trinajstić information content (AvgIpc) is 3.20. The van der Waals surface area contributed by atoms with Gasteiger partial charge >= 0.3 is 0 Å². The number of benzene rings is 2. The van der Waals surface area contributed by atoms with Gasteiger partial charge < -0.3 is 15.5 Å². The van der Waals surface area contributed by atoms with Crippen molar-refractivity contribution in [1.82, 2.24) is 10.2 Å². The Morgan fingerprint density at radius 2 is 1.87 bits per heavy atom. The standard InChI is InChI=1S/C22H27N3O4S/c26-21(13-16-8-9-20-18(12-16)23-22(27)15-30(20,28)29)24-19(14-25-10-4-5-11-25)17-6-2-1-3-7-17/h1-3,6-9,12,19,28-29H,4-5,10-11,13-15H2,(H,23,27)(H,24,26). The fraction of sp³-hybridized carbons (Fsp3) is 0.364. The summed E-state index contributed by atoms with van der Waals surface area (Å²) in [6, 6.07) is 14.8. The Morgan fingerprint density at radius 3 is 2.60 bits per heavy atom. The summed E-state index contributed by atoms with van der Waals surface area (Å²) in [5.74, 6) is -0.870. The minimum absolute atomic E-state index is 0.0962. The Labute approximate surface area is 177 Å². The second-order valence-corrected chi connectivity index (χ2v) is 9.97. The molecule has 0 spiro atoms. The molecule has 1 atom stereocenters. The van der Waals surface area contributed by atoms with Gasteiger partial charge in [0.2, 0.25) is 11.8 Å². The lowest BCUT2D eigenvalue weighted by Gasteiger charge is -2.37. The van der Waals surface area contributed by atoms with E-state index < -0.39 is 16.5 Å². The van der Waals surface area contributed by atoms with Crippen LogP contribution in [0.5, 0.6) is 0 Å². The molecule has 2 aliphatic heterocycles. The molecule has 1 fully saturated rings. The first-order valence-electron chi connectivity index (χ1n) is 10.2. The summed E-state index contributed by atoms with van der Waals surface area (Å²) in [6.07, 6.45) is 2.52. The molecule has 2 heterocycles. The lowest BCUT2D eigenvalue weighted by atomic mass is 10.1. The molecule has 1 saturated heterocycles. The van der Waals surface area contributed by atoms with Crippen LogP contribution in [0.15, 0.2) is 53.4 Å². The maximum absolute atomic E-state index is 12.8. The Morgan fingerprint density at radius 1 is 1.13 bits per heavy atom. The number of fused-ring (bicyclic) bond motifs is 1. The highest BCUT2D eigenvalue weighted by Gasteiger charge is 2.29. The van der Waals surface area contributed by atoms with E-state index in [0.717, 1.165) is 25.2 Å². The summed E-state index contributed by atoms with van der Waals surface area (Å²) >= 11 is 0. The number of rotatable bonds is 6.